The zero-order chi connectivity index (χ0) is 13.8. The van der Waals surface area contributed by atoms with Gasteiger partial charge in [0.2, 0.25) is 0 Å². The molecule has 0 aromatic carbocycles. The summed E-state index contributed by atoms with van der Waals surface area (Å²) < 4.78 is 0. The van der Waals surface area contributed by atoms with Gasteiger partial charge >= 0.3 is 0 Å². The molecule has 1 rings (SSSR count). The Morgan fingerprint density at radius 1 is 1.05 bits per heavy atom. The summed E-state index contributed by atoms with van der Waals surface area (Å²) >= 11 is 0. The molecule has 0 aliphatic heterocycles. The second kappa shape index (κ2) is 11.5. The summed E-state index contributed by atoms with van der Waals surface area (Å²) in [5.41, 5.74) is 1.70. The van der Waals surface area contributed by atoms with Crippen LogP contribution in [-0.4, -0.2) is 12.6 Å². The van der Waals surface area contributed by atoms with Gasteiger partial charge in [0.1, 0.15) is 0 Å². The molecule has 1 N–H and O–H groups in total. The summed E-state index contributed by atoms with van der Waals surface area (Å²) in [5.74, 6) is 0. The van der Waals surface area contributed by atoms with E-state index in [1.165, 1.54) is 83.6 Å². The number of nitrogens with one attached hydrogen (secondary N) is 1. The van der Waals surface area contributed by atoms with Crippen molar-refractivity contribution in [2.75, 3.05) is 6.54 Å². The molecule has 1 heteroatoms. The van der Waals surface area contributed by atoms with Crippen LogP contribution in [0.1, 0.15) is 90.9 Å². The summed E-state index contributed by atoms with van der Waals surface area (Å²) in [6.07, 6.45) is 18.9. The minimum Gasteiger partial charge on any atom is -0.314 e. The standard InChI is InChI=1S/C18H35N/c1-3-5-7-13-18(14-8-6-4-2)19-16-15-17-11-9-10-12-17/h11,18-19H,3-10,12-16H2,1-2H3. The highest BCUT2D eigenvalue weighted by molar-refractivity contribution is 5.07. The van der Waals surface area contributed by atoms with E-state index in [4.69, 9.17) is 0 Å². The molecule has 0 aromatic heterocycles. The molecule has 19 heavy (non-hydrogen) atoms. The fourth-order valence-electron chi connectivity index (χ4n) is 3.03. The van der Waals surface area contributed by atoms with Crippen LogP contribution in [0.3, 0.4) is 0 Å². The molecule has 0 saturated carbocycles. The zero-order valence-corrected chi connectivity index (χ0v) is 13.3. The monoisotopic (exact) mass is 265 g/mol. The van der Waals surface area contributed by atoms with E-state index in [9.17, 15) is 0 Å². The average Bonchev–Trinajstić information content (AvgIpc) is 2.92. The van der Waals surface area contributed by atoms with E-state index in [0.717, 1.165) is 6.04 Å². The molecule has 0 spiro atoms. The highest BCUT2D eigenvalue weighted by atomic mass is 14.9. The van der Waals surface area contributed by atoms with E-state index in [0.29, 0.717) is 0 Å². The van der Waals surface area contributed by atoms with Gasteiger partial charge in [-0.1, -0.05) is 64.0 Å². The van der Waals surface area contributed by atoms with Gasteiger partial charge in [-0.3, -0.25) is 0 Å². The third kappa shape index (κ3) is 8.47. The van der Waals surface area contributed by atoms with Crippen LogP contribution in [0, 0.1) is 0 Å². The van der Waals surface area contributed by atoms with Crippen LogP contribution in [0.5, 0.6) is 0 Å². The molecule has 1 nitrogen and oxygen atoms in total. The van der Waals surface area contributed by atoms with Gasteiger partial charge in [-0.05, 0) is 45.1 Å². The van der Waals surface area contributed by atoms with Crippen LogP contribution in [0.2, 0.25) is 0 Å². The predicted octanol–water partition coefficient (Wildman–Crippen LogP) is 5.61. The van der Waals surface area contributed by atoms with Gasteiger partial charge in [-0.2, -0.15) is 0 Å². The largest absolute Gasteiger partial charge is 0.314 e. The molecule has 0 aromatic rings. The van der Waals surface area contributed by atoms with Crippen molar-refractivity contribution in [1.82, 2.24) is 5.32 Å². The molecule has 1 aliphatic rings. The second-order valence-electron chi connectivity index (χ2n) is 6.15. The lowest BCUT2D eigenvalue weighted by molar-refractivity contribution is 0.420. The van der Waals surface area contributed by atoms with Gasteiger partial charge in [0.05, 0.1) is 0 Å². The van der Waals surface area contributed by atoms with Crippen molar-refractivity contribution < 1.29 is 0 Å². The quantitative estimate of drug-likeness (QED) is 0.357. The number of allylic oxidation sites excluding steroid dienone is 1. The molecule has 0 atom stereocenters. The summed E-state index contributed by atoms with van der Waals surface area (Å²) in [6.45, 7) is 5.80. The Labute approximate surface area is 121 Å². The van der Waals surface area contributed by atoms with E-state index in [-0.39, 0.29) is 0 Å². The fraction of sp³-hybridized carbons (Fsp3) is 0.889. The van der Waals surface area contributed by atoms with Crippen LogP contribution in [0.15, 0.2) is 11.6 Å². The maximum atomic E-state index is 3.82. The van der Waals surface area contributed by atoms with Crippen LogP contribution in [-0.2, 0) is 0 Å². The average molecular weight is 265 g/mol. The Morgan fingerprint density at radius 3 is 2.26 bits per heavy atom. The first-order valence-electron chi connectivity index (χ1n) is 8.78. The molecule has 0 heterocycles. The lowest BCUT2D eigenvalue weighted by atomic mass is 10.0. The Balaban J connectivity index is 2.14. The normalized spacial score (nSPS) is 15.2. The number of hydrogen-bond acceptors (Lipinski definition) is 1. The van der Waals surface area contributed by atoms with Crippen molar-refractivity contribution in [3.05, 3.63) is 11.6 Å². The van der Waals surface area contributed by atoms with Crippen molar-refractivity contribution in [3.63, 3.8) is 0 Å². The third-order valence-corrected chi connectivity index (χ3v) is 4.33. The molecular weight excluding hydrogens is 230 g/mol. The zero-order valence-electron chi connectivity index (χ0n) is 13.3. The van der Waals surface area contributed by atoms with E-state index >= 15 is 0 Å². The van der Waals surface area contributed by atoms with Crippen LogP contribution in [0.4, 0.5) is 0 Å². The number of rotatable bonds is 12. The molecular formula is C18H35N. The Kier molecular flexibility index (Phi) is 10.2. The van der Waals surface area contributed by atoms with Crippen molar-refractivity contribution in [2.24, 2.45) is 0 Å². The van der Waals surface area contributed by atoms with Crippen LogP contribution >= 0.6 is 0 Å². The van der Waals surface area contributed by atoms with E-state index < -0.39 is 0 Å². The Hall–Kier alpha value is -0.300. The van der Waals surface area contributed by atoms with Crippen molar-refractivity contribution in [1.29, 1.82) is 0 Å². The van der Waals surface area contributed by atoms with Gasteiger partial charge in [-0.25, -0.2) is 0 Å². The van der Waals surface area contributed by atoms with Gasteiger partial charge in [0.25, 0.3) is 0 Å². The van der Waals surface area contributed by atoms with Gasteiger partial charge in [0, 0.05) is 6.04 Å². The molecule has 1 aliphatic carbocycles. The topological polar surface area (TPSA) is 12.0 Å². The molecule has 0 radical (unpaired) electrons. The van der Waals surface area contributed by atoms with Gasteiger partial charge in [0.15, 0.2) is 0 Å². The first-order chi connectivity index (χ1) is 9.36. The van der Waals surface area contributed by atoms with E-state index in [1.807, 2.05) is 0 Å². The van der Waals surface area contributed by atoms with E-state index in [1.54, 1.807) is 5.57 Å². The summed E-state index contributed by atoms with van der Waals surface area (Å²) in [7, 11) is 0. The molecule has 0 unspecified atom stereocenters. The van der Waals surface area contributed by atoms with Gasteiger partial charge in [-0.15, -0.1) is 0 Å². The fourth-order valence-corrected chi connectivity index (χ4v) is 3.03. The first-order valence-corrected chi connectivity index (χ1v) is 8.78. The van der Waals surface area contributed by atoms with Crippen LogP contribution in [0.25, 0.3) is 0 Å². The molecule has 0 amide bonds. The number of hydrogen-bond donors (Lipinski definition) is 1. The first kappa shape index (κ1) is 16.8. The smallest absolute Gasteiger partial charge is 0.00671 e. The second-order valence-corrected chi connectivity index (χ2v) is 6.15. The highest BCUT2D eigenvalue weighted by Gasteiger charge is 2.09. The summed E-state index contributed by atoms with van der Waals surface area (Å²) in [6, 6.07) is 0.778. The van der Waals surface area contributed by atoms with Crippen molar-refractivity contribution in [3.8, 4) is 0 Å². The maximum absolute atomic E-state index is 3.82. The minimum atomic E-state index is 0.778. The lowest BCUT2D eigenvalue weighted by Crippen LogP contribution is -2.30. The van der Waals surface area contributed by atoms with Crippen LogP contribution < -0.4 is 5.32 Å². The Bertz CT molecular complexity index is 222. The van der Waals surface area contributed by atoms with Gasteiger partial charge < -0.3 is 5.32 Å². The molecule has 0 fully saturated rings. The third-order valence-electron chi connectivity index (χ3n) is 4.33. The SMILES string of the molecule is CCCCCC(CCCCC)NCCC1=CCCC1. The van der Waals surface area contributed by atoms with E-state index in [2.05, 4.69) is 25.2 Å². The summed E-state index contributed by atoms with van der Waals surface area (Å²) in [5, 5.41) is 3.82. The predicted molar refractivity (Wildman–Crippen MR) is 86.6 cm³/mol. The van der Waals surface area contributed by atoms with Crippen molar-refractivity contribution in [2.45, 2.75) is 96.9 Å². The number of unbranched alkanes of at least 4 members (excludes halogenated alkanes) is 4. The molecule has 0 bridgehead atoms. The minimum absolute atomic E-state index is 0.778. The molecule has 0 saturated heterocycles. The molecule has 112 valence electrons. The lowest BCUT2D eigenvalue weighted by Gasteiger charge is -2.19. The highest BCUT2D eigenvalue weighted by Crippen LogP contribution is 2.20. The summed E-state index contributed by atoms with van der Waals surface area (Å²) in [4.78, 5) is 0. The Morgan fingerprint density at radius 2 is 1.74 bits per heavy atom. The maximum Gasteiger partial charge on any atom is 0.00671 e. The van der Waals surface area contributed by atoms with Crippen molar-refractivity contribution >= 4 is 0 Å².